The Morgan fingerprint density at radius 3 is 2.76 bits per heavy atom. The smallest absolute Gasteiger partial charge is 0.396 e. The monoisotopic (exact) mass is 353 g/mol. The number of benzene rings is 2. The highest BCUT2D eigenvalue weighted by Gasteiger charge is 2.23. The van der Waals surface area contributed by atoms with Gasteiger partial charge in [0.05, 0.1) is 4.70 Å². The molecule has 124 valence electrons. The number of ether oxygens (including phenoxy) is 1. The van der Waals surface area contributed by atoms with Crippen LogP contribution in [0.1, 0.15) is 16.1 Å². The Hall–Kier alpha value is -3.19. The molecule has 0 spiro atoms. The van der Waals surface area contributed by atoms with Crippen molar-refractivity contribution >= 4 is 27.6 Å². The molecular formula is C18H11NO5S. The number of esters is 1. The summed E-state index contributed by atoms with van der Waals surface area (Å²) in [4.78, 5) is 23.5. The first-order chi connectivity index (χ1) is 12.1. The molecule has 0 saturated heterocycles. The predicted octanol–water partition coefficient (Wildman–Crippen LogP) is 4.04. The third-order valence-electron chi connectivity index (χ3n) is 3.63. The average Bonchev–Trinajstić information content (AvgIpc) is 3.17. The molecule has 25 heavy (non-hydrogen) atoms. The van der Waals surface area contributed by atoms with Crippen LogP contribution in [0.5, 0.6) is 5.75 Å². The van der Waals surface area contributed by atoms with Gasteiger partial charge in [-0.1, -0.05) is 46.8 Å². The molecule has 2 heterocycles. The number of fused-ring (bicyclic) bond motifs is 1. The Morgan fingerprint density at radius 2 is 1.96 bits per heavy atom. The normalized spacial score (nSPS) is 10.9. The minimum atomic E-state index is -0.588. The van der Waals surface area contributed by atoms with Crippen molar-refractivity contribution in [2.24, 2.45) is 0 Å². The lowest BCUT2D eigenvalue weighted by molar-refractivity contribution is 0.0734. The minimum absolute atomic E-state index is 0.262. The summed E-state index contributed by atoms with van der Waals surface area (Å²) in [5.41, 5.74) is 1.82. The van der Waals surface area contributed by atoms with E-state index in [0.29, 0.717) is 21.7 Å². The van der Waals surface area contributed by atoms with E-state index in [1.54, 1.807) is 19.1 Å². The van der Waals surface area contributed by atoms with Crippen molar-refractivity contribution in [1.29, 1.82) is 0 Å². The van der Waals surface area contributed by atoms with Gasteiger partial charge in [-0.25, -0.2) is 9.59 Å². The summed E-state index contributed by atoms with van der Waals surface area (Å²) in [7, 11) is 0. The maximum absolute atomic E-state index is 12.6. The molecule has 0 aliphatic carbocycles. The second-order valence-corrected chi connectivity index (χ2v) is 6.26. The zero-order valence-electron chi connectivity index (χ0n) is 13.0. The third-order valence-corrected chi connectivity index (χ3v) is 4.43. The number of hydrogen-bond donors (Lipinski definition) is 0. The molecular weight excluding hydrogens is 342 g/mol. The van der Waals surface area contributed by atoms with Crippen LogP contribution in [0.2, 0.25) is 0 Å². The van der Waals surface area contributed by atoms with Crippen LogP contribution in [0.3, 0.4) is 0 Å². The first-order valence-electron chi connectivity index (χ1n) is 7.39. The second-order valence-electron chi connectivity index (χ2n) is 5.28. The van der Waals surface area contributed by atoms with Gasteiger partial charge in [-0.3, -0.25) is 0 Å². The van der Waals surface area contributed by atoms with Crippen molar-refractivity contribution in [3.05, 3.63) is 69.6 Å². The molecule has 0 bridgehead atoms. The predicted molar refractivity (Wildman–Crippen MR) is 92.0 cm³/mol. The summed E-state index contributed by atoms with van der Waals surface area (Å²) in [5, 5.41) is 3.97. The largest absolute Gasteiger partial charge is 0.423 e. The van der Waals surface area contributed by atoms with E-state index in [1.807, 2.05) is 30.3 Å². The van der Waals surface area contributed by atoms with Crippen molar-refractivity contribution in [2.75, 3.05) is 0 Å². The van der Waals surface area contributed by atoms with Gasteiger partial charge in [-0.2, -0.15) is 0 Å². The molecule has 0 saturated carbocycles. The van der Waals surface area contributed by atoms with E-state index in [1.165, 1.54) is 6.07 Å². The summed E-state index contributed by atoms with van der Waals surface area (Å²) >= 11 is 0.992. The Morgan fingerprint density at radius 1 is 1.16 bits per heavy atom. The Labute approximate surface area is 145 Å². The average molecular weight is 353 g/mol. The molecule has 4 rings (SSSR count). The first kappa shape index (κ1) is 15.3. The molecule has 2 aromatic heterocycles. The quantitative estimate of drug-likeness (QED) is 0.408. The maximum atomic E-state index is 12.6. The molecule has 4 aromatic rings. The Kier molecular flexibility index (Phi) is 3.70. The lowest BCUT2D eigenvalue weighted by Crippen LogP contribution is -2.10. The van der Waals surface area contributed by atoms with Crippen LogP contribution < -0.4 is 9.68 Å². The molecule has 0 N–H and O–H groups in total. The zero-order valence-corrected chi connectivity index (χ0v) is 13.8. The van der Waals surface area contributed by atoms with Crippen LogP contribution in [-0.4, -0.2) is 11.1 Å². The summed E-state index contributed by atoms with van der Waals surface area (Å²) in [6.07, 6.45) is 0. The van der Waals surface area contributed by atoms with Gasteiger partial charge in [0.1, 0.15) is 22.8 Å². The van der Waals surface area contributed by atoms with Crippen LogP contribution >= 0.6 is 11.3 Å². The van der Waals surface area contributed by atoms with Gasteiger partial charge in [-0.15, -0.1) is 0 Å². The topological polar surface area (TPSA) is 82.5 Å². The van der Waals surface area contributed by atoms with E-state index in [0.717, 1.165) is 16.9 Å². The van der Waals surface area contributed by atoms with Crippen molar-refractivity contribution in [1.82, 2.24) is 5.16 Å². The highest BCUT2D eigenvalue weighted by atomic mass is 32.1. The van der Waals surface area contributed by atoms with Gasteiger partial charge in [0.2, 0.25) is 0 Å². The number of carbonyl (C=O) groups is 1. The summed E-state index contributed by atoms with van der Waals surface area (Å²) < 4.78 is 16.3. The van der Waals surface area contributed by atoms with E-state index in [-0.39, 0.29) is 11.3 Å². The standard InChI is InChI=1S/C18H11NO5S/c1-10-15(16(19-24-10)11-5-3-2-4-6-11)17(20)22-12-7-8-14-13(9-12)23-18(21)25-14/h2-9H,1H3. The maximum Gasteiger partial charge on any atom is 0.396 e. The molecule has 0 fully saturated rings. The fourth-order valence-electron chi connectivity index (χ4n) is 2.48. The highest BCUT2D eigenvalue weighted by molar-refractivity contribution is 7.16. The summed E-state index contributed by atoms with van der Waals surface area (Å²) in [6, 6.07) is 14.0. The van der Waals surface area contributed by atoms with Gasteiger partial charge in [0.25, 0.3) is 0 Å². The molecule has 7 heteroatoms. The first-order valence-corrected chi connectivity index (χ1v) is 8.21. The highest BCUT2D eigenvalue weighted by Crippen LogP contribution is 2.28. The Bertz CT molecular complexity index is 1120. The molecule has 6 nitrogen and oxygen atoms in total. The molecule has 2 aromatic carbocycles. The molecule has 0 aliphatic heterocycles. The van der Waals surface area contributed by atoms with Gasteiger partial charge < -0.3 is 13.7 Å². The molecule has 0 radical (unpaired) electrons. The van der Waals surface area contributed by atoms with E-state index >= 15 is 0 Å². The number of hydrogen-bond acceptors (Lipinski definition) is 7. The van der Waals surface area contributed by atoms with Crippen molar-refractivity contribution in [2.45, 2.75) is 6.92 Å². The Balaban J connectivity index is 1.69. The third kappa shape index (κ3) is 2.85. The summed E-state index contributed by atoms with van der Waals surface area (Å²) in [5.74, 6) is 0.0557. The van der Waals surface area contributed by atoms with Crippen LogP contribution in [-0.2, 0) is 0 Å². The second kappa shape index (κ2) is 6.03. The van der Waals surface area contributed by atoms with Gasteiger partial charge in [0, 0.05) is 11.6 Å². The van der Waals surface area contributed by atoms with E-state index < -0.39 is 10.9 Å². The van der Waals surface area contributed by atoms with Crippen LogP contribution in [0.25, 0.3) is 21.5 Å². The molecule has 0 unspecified atom stereocenters. The SMILES string of the molecule is Cc1onc(-c2ccccc2)c1C(=O)Oc1ccc2sc(=O)oc2c1. The fraction of sp³-hybridized carbons (Fsp3) is 0.0556. The lowest BCUT2D eigenvalue weighted by Gasteiger charge is -2.04. The van der Waals surface area contributed by atoms with Gasteiger partial charge >= 0.3 is 10.9 Å². The number of carbonyl (C=O) groups excluding carboxylic acids is 1. The molecule has 0 aliphatic rings. The minimum Gasteiger partial charge on any atom is -0.423 e. The lowest BCUT2D eigenvalue weighted by atomic mass is 10.1. The molecule has 0 atom stereocenters. The number of nitrogens with zero attached hydrogens (tertiary/aromatic N) is 1. The van der Waals surface area contributed by atoms with Crippen molar-refractivity contribution < 1.29 is 18.5 Å². The van der Waals surface area contributed by atoms with Gasteiger partial charge in [-0.05, 0) is 19.1 Å². The van der Waals surface area contributed by atoms with Crippen LogP contribution in [0.4, 0.5) is 0 Å². The van der Waals surface area contributed by atoms with Crippen LogP contribution in [0.15, 0.2) is 62.3 Å². The number of rotatable bonds is 3. The number of aromatic nitrogens is 1. The van der Waals surface area contributed by atoms with E-state index in [4.69, 9.17) is 13.7 Å². The van der Waals surface area contributed by atoms with Gasteiger partial charge in [0.15, 0.2) is 5.58 Å². The van der Waals surface area contributed by atoms with Crippen molar-refractivity contribution in [3.8, 4) is 17.0 Å². The van der Waals surface area contributed by atoms with Crippen molar-refractivity contribution in [3.63, 3.8) is 0 Å². The number of aryl methyl sites for hydroxylation is 1. The van der Waals surface area contributed by atoms with Crippen LogP contribution in [0, 0.1) is 6.92 Å². The van der Waals surface area contributed by atoms with E-state index in [2.05, 4.69) is 5.16 Å². The summed E-state index contributed by atoms with van der Waals surface area (Å²) in [6.45, 7) is 1.65. The van der Waals surface area contributed by atoms with E-state index in [9.17, 15) is 9.59 Å². The fourth-order valence-corrected chi connectivity index (χ4v) is 3.13. The molecule has 0 amide bonds. The zero-order chi connectivity index (χ0) is 17.4.